The van der Waals surface area contributed by atoms with Crippen LogP contribution in [0.3, 0.4) is 0 Å². The highest BCUT2D eigenvalue weighted by Crippen LogP contribution is 2.57. The fourth-order valence-electron chi connectivity index (χ4n) is 8.23. The van der Waals surface area contributed by atoms with Gasteiger partial charge in [0.05, 0.1) is 34.7 Å². The average molecular weight is 1020 g/mol. The van der Waals surface area contributed by atoms with Gasteiger partial charge in [0.15, 0.2) is 5.60 Å². The first-order valence-electron chi connectivity index (χ1n) is 23.5. The Balaban J connectivity index is 0.944. The van der Waals surface area contributed by atoms with E-state index in [1.807, 2.05) is 0 Å². The van der Waals surface area contributed by atoms with Gasteiger partial charge >= 0.3 is 25.5 Å². The summed E-state index contributed by atoms with van der Waals surface area (Å²) in [5.41, 5.74) is -1.41. The van der Waals surface area contributed by atoms with Gasteiger partial charge in [-0.3, -0.25) is 28.5 Å². The Morgan fingerprint density at radius 1 is 0.861 bits per heavy atom. The predicted octanol–water partition coefficient (Wildman–Crippen LogP) is 5.67. The molecule has 21 heteroatoms. The molecule has 0 bridgehead atoms. The van der Waals surface area contributed by atoms with Gasteiger partial charge in [0.25, 0.3) is 11.8 Å². The van der Waals surface area contributed by atoms with Crippen molar-refractivity contribution < 1.29 is 76.3 Å². The van der Waals surface area contributed by atoms with Crippen LogP contribution in [0.2, 0.25) is 0 Å². The van der Waals surface area contributed by atoms with E-state index in [1.54, 1.807) is 84.0 Å². The number of carbonyl (C=O) groups excluding carboxylic acids is 6. The second-order valence-electron chi connectivity index (χ2n) is 19.9. The third kappa shape index (κ3) is 12.1. The van der Waals surface area contributed by atoms with E-state index in [1.165, 1.54) is 42.5 Å². The molecular weight excluding hydrogens is 956 g/mol. The molecule has 3 aromatic carbocycles. The summed E-state index contributed by atoms with van der Waals surface area (Å²) < 4.78 is 52.1. The minimum absolute atomic E-state index is 0.0789. The Labute approximate surface area is 416 Å². The van der Waals surface area contributed by atoms with Gasteiger partial charge in [0, 0.05) is 79.9 Å². The molecule has 1 spiro atoms. The van der Waals surface area contributed by atoms with Gasteiger partial charge in [-0.15, -0.1) is 0 Å². The first-order valence-corrected chi connectivity index (χ1v) is 25.5. The van der Waals surface area contributed by atoms with Crippen LogP contribution in [0.15, 0.2) is 78.5 Å². The van der Waals surface area contributed by atoms with Crippen LogP contribution in [0.4, 0.5) is 0 Å². The van der Waals surface area contributed by atoms with Crippen LogP contribution < -0.4 is 30.2 Å². The van der Waals surface area contributed by atoms with Gasteiger partial charge in [-0.25, -0.2) is 4.79 Å². The van der Waals surface area contributed by atoms with E-state index in [0.717, 1.165) is 19.5 Å². The number of methoxy groups -OCH3 is 1. The maximum absolute atomic E-state index is 13.7. The number of unbranched alkanes of at least 4 members (excludes halogenated alkanes) is 3. The molecule has 0 aliphatic carbocycles. The first-order chi connectivity index (χ1) is 33.9. The highest BCUT2D eigenvalue weighted by molar-refractivity contribution is 7.51. The van der Waals surface area contributed by atoms with Crippen LogP contribution >= 0.6 is 7.60 Å². The molecule has 4 aliphatic heterocycles. The molecule has 0 saturated carbocycles. The summed E-state index contributed by atoms with van der Waals surface area (Å²) in [6, 6.07) is 14.2. The molecule has 4 aliphatic rings. The molecule has 0 aromatic heterocycles. The number of nitrogens with zero attached hydrogens (tertiary/aromatic N) is 1. The van der Waals surface area contributed by atoms with Crippen molar-refractivity contribution in [3.63, 3.8) is 0 Å². The van der Waals surface area contributed by atoms with Crippen LogP contribution in [0.5, 0.6) is 23.0 Å². The number of hydrogen-bond acceptors (Lipinski definition) is 16. The highest BCUT2D eigenvalue weighted by atomic mass is 31.2. The third-order valence-corrected chi connectivity index (χ3v) is 12.8. The normalized spacial score (nSPS) is 20.8. The molecule has 3 amide bonds. The molecule has 4 heterocycles. The van der Waals surface area contributed by atoms with E-state index in [9.17, 15) is 43.3 Å². The molecule has 1 saturated heterocycles. The Morgan fingerprint density at radius 3 is 2.03 bits per heavy atom. The van der Waals surface area contributed by atoms with E-state index in [4.69, 9.17) is 32.9 Å². The molecule has 3 aromatic rings. The fourth-order valence-corrected chi connectivity index (χ4v) is 8.66. The Bertz CT molecular complexity index is 2660. The standard InChI is InChI=1S/C51H61N4O16P/c1-49(2,3)46(60)67-31-15-18-34-37(24-31)69-38-25-32(68-47(61)50(4,5)6)16-19-35(38)51(34)36-23-29(13-17-33(36)45(59)71-51)43(57)53-22-12-10-9-11-21-52-41(56)20-14-30-27-55(48(62)54-44(30)58)42-26-39(65-7)40(70-42)28-66-72(8,63)64/h13-20,23-25,27,39-40,42,48,62H,9-12,21-22,26,28H2,1-8H3,(H,52,56)(H,53,57)(H,54,58)(H,63,64)/b20-14+/t39?,40-,42-,48?/m1/s1. The molecule has 1 fully saturated rings. The molecule has 5 N–H and O–H groups in total. The first kappa shape index (κ1) is 53.4. The summed E-state index contributed by atoms with van der Waals surface area (Å²) in [6.07, 6.45) is 3.42. The van der Waals surface area contributed by atoms with Crippen molar-refractivity contribution in [3.05, 3.63) is 106 Å². The van der Waals surface area contributed by atoms with Crippen LogP contribution in [0, 0.1) is 10.8 Å². The average Bonchev–Trinajstić information content (AvgIpc) is 3.85. The molecule has 72 heavy (non-hydrogen) atoms. The highest BCUT2D eigenvalue weighted by Gasteiger charge is 2.54. The van der Waals surface area contributed by atoms with Crippen LogP contribution in [-0.4, -0.2) is 109 Å². The topological polar surface area (TPSA) is 264 Å². The molecule has 386 valence electrons. The fraction of sp³-hybridized carbons (Fsp3) is 0.451. The van der Waals surface area contributed by atoms with Gasteiger partial charge in [0.1, 0.15) is 35.3 Å². The number of amides is 3. The molecule has 0 radical (unpaired) electrons. The van der Waals surface area contributed by atoms with Gasteiger partial charge in [0.2, 0.25) is 12.3 Å². The van der Waals surface area contributed by atoms with Crippen molar-refractivity contribution in [2.24, 2.45) is 10.8 Å². The maximum Gasteiger partial charge on any atom is 0.340 e. The predicted molar refractivity (Wildman–Crippen MR) is 258 cm³/mol. The van der Waals surface area contributed by atoms with Crippen LogP contribution in [0.1, 0.15) is 111 Å². The van der Waals surface area contributed by atoms with Crippen molar-refractivity contribution in [1.82, 2.24) is 20.9 Å². The summed E-state index contributed by atoms with van der Waals surface area (Å²) in [4.78, 5) is 89.2. The number of hydrogen-bond donors (Lipinski definition) is 5. The number of carbonyl (C=O) groups is 6. The number of aliphatic hydroxyl groups excluding tert-OH is 1. The van der Waals surface area contributed by atoms with Crippen molar-refractivity contribution in [3.8, 4) is 23.0 Å². The Hall–Kier alpha value is -6.41. The monoisotopic (exact) mass is 1020 g/mol. The van der Waals surface area contributed by atoms with Gasteiger partial charge < -0.3 is 63.8 Å². The maximum atomic E-state index is 13.7. The van der Waals surface area contributed by atoms with Crippen molar-refractivity contribution >= 4 is 43.2 Å². The molecule has 3 unspecified atom stereocenters. The third-order valence-electron chi connectivity index (χ3n) is 12.1. The van der Waals surface area contributed by atoms with E-state index in [0.29, 0.717) is 42.6 Å². The smallest absolute Gasteiger partial charge is 0.340 e. The number of ether oxygens (including phenoxy) is 6. The zero-order chi connectivity index (χ0) is 52.3. The lowest BCUT2D eigenvalue weighted by Crippen LogP contribution is -2.53. The number of esters is 3. The number of aliphatic hydroxyl groups is 1. The zero-order valence-electron chi connectivity index (χ0n) is 41.4. The van der Waals surface area contributed by atoms with E-state index in [2.05, 4.69) is 16.0 Å². The van der Waals surface area contributed by atoms with E-state index < -0.39 is 78.5 Å². The number of benzene rings is 3. The zero-order valence-corrected chi connectivity index (χ0v) is 42.3. The summed E-state index contributed by atoms with van der Waals surface area (Å²) >= 11 is 0. The minimum Gasteiger partial charge on any atom is -0.456 e. The Morgan fingerprint density at radius 2 is 1.46 bits per heavy atom. The van der Waals surface area contributed by atoms with Gasteiger partial charge in [-0.1, -0.05) is 12.8 Å². The van der Waals surface area contributed by atoms with Crippen molar-refractivity contribution in [2.45, 2.75) is 104 Å². The molecular formula is C51H61N4O16P. The molecule has 5 atom stereocenters. The quantitative estimate of drug-likeness (QED) is 0.0358. The van der Waals surface area contributed by atoms with Crippen molar-refractivity contribution in [2.75, 3.05) is 33.5 Å². The summed E-state index contributed by atoms with van der Waals surface area (Å²) in [5.74, 6) is -2.22. The van der Waals surface area contributed by atoms with Crippen LogP contribution in [0.25, 0.3) is 0 Å². The lowest BCUT2D eigenvalue weighted by atomic mass is 9.77. The second-order valence-corrected chi connectivity index (χ2v) is 21.8. The van der Waals surface area contributed by atoms with E-state index >= 15 is 0 Å². The van der Waals surface area contributed by atoms with Gasteiger partial charge in [-0.2, -0.15) is 0 Å². The number of rotatable bonds is 17. The number of nitrogens with one attached hydrogen (secondary N) is 3. The number of fused-ring (bicyclic) bond motifs is 6. The SMILES string of the molecule is COC1C[C@H](N2C=C(/C=C/C(=O)NCCCCCCNC(=O)c3ccc4c(c3)C3(OC4=O)c4ccc(OC(=O)C(C)(C)C)cc4Oc4cc(OC(=O)C(C)(C)C)ccc43)C(=O)NC2O)O[C@@H]1COP(C)(=O)O. The molecule has 7 rings (SSSR count). The molecule has 20 nitrogen and oxygen atoms in total. The summed E-state index contributed by atoms with van der Waals surface area (Å²) in [7, 11) is -2.32. The van der Waals surface area contributed by atoms with Gasteiger partial charge in [-0.05, 0) is 103 Å². The largest absolute Gasteiger partial charge is 0.456 e. The van der Waals surface area contributed by atoms with E-state index in [-0.39, 0.29) is 58.6 Å². The van der Waals surface area contributed by atoms with Crippen molar-refractivity contribution in [1.29, 1.82) is 0 Å². The lowest BCUT2D eigenvalue weighted by Gasteiger charge is -2.37. The van der Waals surface area contributed by atoms with Crippen LogP contribution in [-0.2, 0) is 48.1 Å². The lowest BCUT2D eigenvalue weighted by molar-refractivity contribution is -0.143. The summed E-state index contributed by atoms with van der Waals surface area (Å²) in [5, 5.41) is 18.7. The minimum atomic E-state index is -3.77. The second kappa shape index (κ2) is 21.4. The Kier molecular flexibility index (Phi) is 15.8. The summed E-state index contributed by atoms with van der Waals surface area (Å²) in [6.45, 7) is 11.9.